The molecule has 3 rings (SSSR count). The normalized spacial score (nSPS) is 22.3. The fourth-order valence-corrected chi connectivity index (χ4v) is 4.08. The molecule has 2 aromatic rings. The van der Waals surface area contributed by atoms with Gasteiger partial charge in [0.25, 0.3) is 0 Å². The standard InChI is InChI=1S/C21H23Cl2NO2/c1-3-21(2)13-14-6-4-5-7-18(14)24-20(25)16(21)10-11-26-19-9-8-15(22)12-17(19)23/h4-9,12,16H,3,10-11,13H2,1-2H3,(H,24,25). The molecule has 0 saturated heterocycles. The molecule has 0 bridgehead atoms. The van der Waals surface area contributed by atoms with Gasteiger partial charge in [-0.15, -0.1) is 0 Å². The summed E-state index contributed by atoms with van der Waals surface area (Å²) in [5.74, 6) is 0.516. The van der Waals surface area contributed by atoms with E-state index in [1.54, 1.807) is 18.2 Å². The Hall–Kier alpha value is -1.71. The topological polar surface area (TPSA) is 38.3 Å². The molecule has 1 heterocycles. The molecule has 1 N–H and O–H groups in total. The minimum Gasteiger partial charge on any atom is -0.492 e. The first kappa shape index (κ1) is 19.1. The lowest BCUT2D eigenvalue weighted by atomic mass is 9.70. The van der Waals surface area contributed by atoms with Crippen LogP contribution < -0.4 is 10.1 Å². The second kappa shape index (κ2) is 7.89. The molecule has 0 saturated carbocycles. The van der Waals surface area contributed by atoms with Crippen LogP contribution in [0, 0.1) is 11.3 Å². The summed E-state index contributed by atoms with van der Waals surface area (Å²) in [7, 11) is 0. The van der Waals surface area contributed by atoms with Crippen LogP contribution >= 0.6 is 23.2 Å². The summed E-state index contributed by atoms with van der Waals surface area (Å²) in [5, 5.41) is 4.14. The lowest BCUT2D eigenvalue weighted by Crippen LogP contribution is -2.37. The zero-order chi connectivity index (χ0) is 18.7. The average molecular weight is 392 g/mol. The smallest absolute Gasteiger partial charge is 0.228 e. The van der Waals surface area contributed by atoms with Crippen molar-refractivity contribution >= 4 is 34.8 Å². The van der Waals surface area contributed by atoms with Gasteiger partial charge in [0, 0.05) is 16.6 Å². The number of benzene rings is 2. The molecule has 2 unspecified atom stereocenters. The van der Waals surface area contributed by atoms with Gasteiger partial charge in [0.2, 0.25) is 5.91 Å². The number of hydrogen-bond acceptors (Lipinski definition) is 2. The highest BCUT2D eigenvalue weighted by molar-refractivity contribution is 6.35. The van der Waals surface area contributed by atoms with Crippen molar-refractivity contribution in [2.45, 2.75) is 33.1 Å². The average Bonchev–Trinajstić information content (AvgIpc) is 2.71. The number of nitrogens with one attached hydrogen (secondary N) is 1. The third kappa shape index (κ3) is 3.99. The summed E-state index contributed by atoms with van der Waals surface area (Å²) < 4.78 is 5.83. The maximum Gasteiger partial charge on any atom is 0.228 e. The molecular formula is C21H23Cl2NO2. The first-order chi connectivity index (χ1) is 12.4. The summed E-state index contributed by atoms with van der Waals surface area (Å²) in [6.07, 6.45) is 2.41. The van der Waals surface area contributed by atoms with Crippen LogP contribution in [0.25, 0.3) is 0 Å². The highest BCUT2D eigenvalue weighted by Gasteiger charge is 2.40. The number of amides is 1. The monoisotopic (exact) mass is 391 g/mol. The third-order valence-electron chi connectivity index (χ3n) is 5.39. The highest BCUT2D eigenvalue weighted by Crippen LogP contribution is 2.42. The minimum atomic E-state index is -0.133. The van der Waals surface area contributed by atoms with E-state index in [0.29, 0.717) is 28.8 Å². The Morgan fingerprint density at radius 2 is 2.00 bits per heavy atom. The van der Waals surface area contributed by atoms with Gasteiger partial charge in [0.1, 0.15) is 5.75 Å². The number of anilines is 1. The summed E-state index contributed by atoms with van der Waals surface area (Å²) in [6, 6.07) is 13.2. The Kier molecular flexibility index (Phi) is 5.79. The number of hydrogen-bond donors (Lipinski definition) is 1. The molecule has 5 heteroatoms. The van der Waals surface area contributed by atoms with Gasteiger partial charge in [0.15, 0.2) is 0 Å². The van der Waals surface area contributed by atoms with E-state index in [0.717, 1.165) is 18.5 Å². The number of ether oxygens (including phenoxy) is 1. The van der Waals surface area contributed by atoms with E-state index in [4.69, 9.17) is 27.9 Å². The molecule has 0 spiro atoms. The third-order valence-corrected chi connectivity index (χ3v) is 5.92. The van der Waals surface area contributed by atoms with E-state index in [2.05, 4.69) is 25.2 Å². The fourth-order valence-electron chi connectivity index (χ4n) is 3.62. The first-order valence-corrected chi connectivity index (χ1v) is 9.65. The Bertz CT molecular complexity index is 808. The molecule has 0 fully saturated rings. The highest BCUT2D eigenvalue weighted by atomic mass is 35.5. The quantitative estimate of drug-likeness (QED) is 0.679. The van der Waals surface area contributed by atoms with Crippen molar-refractivity contribution in [1.82, 2.24) is 0 Å². The molecule has 1 amide bonds. The number of fused-ring (bicyclic) bond motifs is 1. The van der Waals surface area contributed by atoms with E-state index >= 15 is 0 Å². The summed E-state index contributed by atoms with van der Waals surface area (Å²) in [5.41, 5.74) is 1.99. The van der Waals surface area contributed by atoms with Crippen molar-refractivity contribution in [2.24, 2.45) is 11.3 Å². The Morgan fingerprint density at radius 1 is 1.23 bits per heavy atom. The van der Waals surface area contributed by atoms with Crippen molar-refractivity contribution in [3.05, 3.63) is 58.1 Å². The van der Waals surface area contributed by atoms with Crippen LogP contribution in [-0.4, -0.2) is 12.5 Å². The maximum atomic E-state index is 12.9. The van der Waals surface area contributed by atoms with E-state index in [1.807, 2.05) is 18.2 Å². The molecule has 0 aliphatic carbocycles. The summed E-state index contributed by atoms with van der Waals surface area (Å²) >= 11 is 12.1. The van der Waals surface area contributed by atoms with Crippen LogP contribution in [0.2, 0.25) is 10.0 Å². The molecule has 26 heavy (non-hydrogen) atoms. The van der Waals surface area contributed by atoms with Gasteiger partial charge in [0.05, 0.1) is 11.6 Å². The number of halogens is 2. The van der Waals surface area contributed by atoms with Crippen molar-refractivity contribution in [3.8, 4) is 5.75 Å². The SMILES string of the molecule is CCC1(C)Cc2ccccc2NC(=O)C1CCOc1ccc(Cl)cc1Cl. The number of para-hydroxylation sites is 1. The van der Waals surface area contributed by atoms with Crippen LogP contribution in [0.4, 0.5) is 5.69 Å². The van der Waals surface area contributed by atoms with Gasteiger partial charge < -0.3 is 10.1 Å². The fraction of sp³-hybridized carbons (Fsp3) is 0.381. The van der Waals surface area contributed by atoms with Crippen LogP contribution in [0.5, 0.6) is 5.75 Å². The second-order valence-electron chi connectivity index (χ2n) is 7.10. The van der Waals surface area contributed by atoms with Crippen molar-refractivity contribution in [2.75, 3.05) is 11.9 Å². The molecule has 2 atom stereocenters. The van der Waals surface area contributed by atoms with Gasteiger partial charge in [-0.2, -0.15) is 0 Å². The number of rotatable bonds is 5. The molecule has 0 radical (unpaired) electrons. The molecule has 1 aliphatic heterocycles. The van der Waals surface area contributed by atoms with Gasteiger partial charge in [-0.1, -0.05) is 55.2 Å². The summed E-state index contributed by atoms with van der Waals surface area (Å²) in [4.78, 5) is 12.9. The molecule has 1 aliphatic rings. The zero-order valence-corrected chi connectivity index (χ0v) is 16.5. The van der Waals surface area contributed by atoms with Crippen LogP contribution in [0.15, 0.2) is 42.5 Å². The second-order valence-corrected chi connectivity index (χ2v) is 7.94. The van der Waals surface area contributed by atoms with Gasteiger partial charge in [-0.25, -0.2) is 0 Å². The maximum absolute atomic E-state index is 12.9. The number of carbonyl (C=O) groups excluding carboxylic acids is 1. The minimum absolute atomic E-state index is 0.0603. The van der Waals surface area contributed by atoms with Gasteiger partial charge in [-0.05, 0) is 54.5 Å². The van der Waals surface area contributed by atoms with Crippen molar-refractivity contribution in [3.63, 3.8) is 0 Å². The molecular weight excluding hydrogens is 369 g/mol. The van der Waals surface area contributed by atoms with Crippen LogP contribution in [0.3, 0.4) is 0 Å². The summed E-state index contributed by atoms with van der Waals surface area (Å²) in [6.45, 7) is 4.76. The molecule has 3 nitrogen and oxygen atoms in total. The largest absolute Gasteiger partial charge is 0.492 e. The Balaban J connectivity index is 1.74. The predicted molar refractivity (Wildman–Crippen MR) is 107 cm³/mol. The van der Waals surface area contributed by atoms with Crippen molar-refractivity contribution in [1.29, 1.82) is 0 Å². The first-order valence-electron chi connectivity index (χ1n) is 8.89. The van der Waals surface area contributed by atoms with E-state index < -0.39 is 0 Å². The van der Waals surface area contributed by atoms with Crippen LogP contribution in [-0.2, 0) is 11.2 Å². The molecule has 0 aromatic heterocycles. The van der Waals surface area contributed by atoms with Gasteiger partial charge in [-0.3, -0.25) is 4.79 Å². The molecule has 2 aromatic carbocycles. The van der Waals surface area contributed by atoms with E-state index in [-0.39, 0.29) is 17.2 Å². The number of carbonyl (C=O) groups is 1. The van der Waals surface area contributed by atoms with Crippen molar-refractivity contribution < 1.29 is 9.53 Å². The van der Waals surface area contributed by atoms with Gasteiger partial charge >= 0.3 is 0 Å². The van der Waals surface area contributed by atoms with Crippen LogP contribution in [0.1, 0.15) is 32.3 Å². The van der Waals surface area contributed by atoms with E-state index in [1.165, 1.54) is 5.56 Å². The lowest BCUT2D eigenvalue weighted by molar-refractivity contribution is -0.124. The Morgan fingerprint density at radius 3 is 2.73 bits per heavy atom. The van der Waals surface area contributed by atoms with E-state index in [9.17, 15) is 4.79 Å². The lowest BCUT2D eigenvalue weighted by Gasteiger charge is -2.34. The molecule has 138 valence electrons. The predicted octanol–water partition coefficient (Wildman–Crippen LogP) is 5.99. The zero-order valence-electron chi connectivity index (χ0n) is 15.0. The Labute approximate surface area is 164 Å².